The highest BCUT2D eigenvalue weighted by molar-refractivity contribution is 7.09. The first kappa shape index (κ1) is 19.4. The van der Waals surface area contributed by atoms with Crippen LogP contribution in [-0.4, -0.2) is 12.1 Å². The summed E-state index contributed by atoms with van der Waals surface area (Å²) in [6.45, 7) is 5.50. The van der Waals surface area contributed by atoms with E-state index in [9.17, 15) is 0 Å². The SMILES string of the molecule is CCC(NCc1csc(COc2ccc(C)cc2)n1)c1ccc(OC)cc1. The molecule has 3 aromatic rings. The van der Waals surface area contributed by atoms with Crippen molar-refractivity contribution in [1.82, 2.24) is 10.3 Å². The van der Waals surface area contributed by atoms with Gasteiger partial charge in [0.05, 0.1) is 12.8 Å². The molecule has 1 atom stereocenters. The van der Waals surface area contributed by atoms with Gasteiger partial charge in [-0.1, -0.05) is 36.8 Å². The molecule has 0 bridgehead atoms. The Morgan fingerprint density at radius 2 is 1.74 bits per heavy atom. The molecule has 0 aliphatic heterocycles. The van der Waals surface area contributed by atoms with E-state index in [-0.39, 0.29) is 0 Å². The molecule has 1 unspecified atom stereocenters. The van der Waals surface area contributed by atoms with Gasteiger partial charge < -0.3 is 14.8 Å². The molecule has 0 aliphatic rings. The van der Waals surface area contributed by atoms with E-state index in [2.05, 4.69) is 53.8 Å². The number of hydrogen-bond acceptors (Lipinski definition) is 5. The Morgan fingerprint density at radius 3 is 2.41 bits per heavy atom. The Kier molecular flexibility index (Phi) is 6.85. The average Bonchev–Trinajstić information content (AvgIpc) is 3.16. The van der Waals surface area contributed by atoms with Gasteiger partial charge >= 0.3 is 0 Å². The maximum Gasteiger partial charge on any atom is 0.140 e. The van der Waals surface area contributed by atoms with E-state index in [0.717, 1.165) is 35.2 Å². The summed E-state index contributed by atoms with van der Waals surface area (Å²) in [5.41, 5.74) is 3.54. The van der Waals surface area contributed by atoms with Crippen LogP contribution >= 0.6 is 11.3 Å². The lowest BCUT2D eigenvalue weighted by atomic mass is 10.0. The topological polar surface area (TPSA) is 43.4 Å². The van der Waals surface area contributed by atoms with Crippen LogP contribution in [-0.2, 0) is 13.2 Å². The highest BCUT2D eigenvalue weighted by Crippen LogP contribution is 2.21. The van der Waals surface area contributed by atoms with Crippen LogP contribution in [0.5, 0.6) is 11.5 Å². The van der Waals surface area contributed by atoms with Crippen molar-refractivity contribution in [3.8, 4) is 11.5 Å². The molecule has 3 rings (SSSR count). The van der Waals surface area contributed by atoms with E-state index in [0.29, 0.717) is 12.6 Å². The van der Waals surface area contributed by atoms with Crippen molar-refractivity contribution in [2.45, 2.75) is 39.5 Å². The number of rotatable bonds is 9. The summed E-state index contributed by atoms with van der Waals surface area (Å²) in [4.78, 5) is 4.68. The summed E-state index contributed by atoms with van der Waals surface area (Å²) in [7, 11) is 1.69. The number of aromatic nitrogens is 1. The first-order valence-electron chi connectivity index (χ1n) is 9.18. The van der Waals surface area contributed by atoms with Crippen molar-refractivity contribution in [3.63, 3.8) is 0 Å². The van der Waals surface area contributed by atoms with E-state index in [1.165, 1.54) is 11.1 Å². The third-order valence-corrected chi connectivity index (χ3v) is 5.31. The summed E-state index contributed by atoms with van der Waals surface area (Å²) < 4.78 is 11.0. The Balaban J connectivity index is 1.52. The molecule has 27 heavy (non-hydrogen) atoms. The highest BCUT2D eigenvalue weighted by Gasteiger charge is 2.10. The second kappa shape index (κ2) is 9.53. The highest BCUT2D eigenvalue weighted by atomic mass is 32.1. The molecule has 1 N–H and O–H groups in total. The maximum absolute atomic E-state index is 5.81. The Morgan fingerprint density at radius 1 is 1.04 bits per heavy atom. The van der Waals surface area contributed by atoms with E-state index in [1.807, 2.05) is 24.3 Å². The van der Waals surface area contributed by atoms with Crippen LogP contribution in [0.25, 0.3) is 0 Å². The van der Waals surface area contributed by atoms with Gasteiger partial charge in [0.25, 0.3) is 0 Å². The van der Waals surface area contributed by atoms with Crippen molar-refractivity contribution in [2.24, 2.45) is 0 Å². The lowest BCUT2D eigenvalue weighted by Gasteiger charge is -2.17. The predicted molar refractivity (Wildman–Crippen MR) is 110 cm³/mol. The molecule has 0 fully saturated rings. The molecule has 2 aromatic carbocycles. The molecule has 1 heterocycles. The Labute approximate surface area is 165 Å². The molecule has 1 aromatic heterocycles. The molecule has 5 heteroatoms. The standard InChI is InChI=1S/C22H26N2O2S/c1-4-21(17-7-11-19(25-3)12-8-17)23-13-18-15-27-22(24-18)14-26-20-9-5-16(2)6-10-20/h5-12,15,21,23H,4,13-14H2,1-3H3. The molecule has 4 nitrogen and oxygen atoms in total. The Hall–Kier alpha value is -2.37. The fraction of sp³-hybridized carbons (Fsp3) is 0.318. The van der Waals surface area contributed by atoms with E-state index >= 15 is 0 Å². The van der Waals surface area contributed by atoms with Crippen LogP contribution in [0.1, 0.15) is 41.2 Å². The maximum atomic E-state index is 5.81. The van der Waals surface area contributed by atoms with Gasteiger partial charge in [-0.25, -0.2) is 4.98 Å². The predicted octanol–water partition coefficient (Wildman–Crippen LogP) is 5.28. The number of aryl methyl sites for hydroxylation is 1. The first-order chi connectivity index (χ1) is 13.2. The largest absolute Gasteiger partial charge is 0.497 e. The number of hydrogen-bond donors (Lipinski definition) is 1. The van der Waals surface area contributed by atoms with Gasteiger partial charge in [-0.2, -0.15) is 0 Å². The average molecular weight is 383 g/mol. The quantitative estimate of drug-likeness (QED) is 0.547. The van der Waals surface area contributed by atoms with Crippen molar-refractivity contribution >= 4 is 11.3 Å². The van der Waals surface area contributed by atoms with Gasteiger partial charge in [0.1, 0.15) is 23.1 Å². The molecule has 0 saturated heterocycles. The fourth-order valence-corrected chi connectivity index (χ4v) is 3.54. The van der Waals surface area contributed by atoms with Gasteiger partial charge in [0.2, 0.25) is 0 Å². The zero-order valence-corrected chi connectivity index (χ0v) is 16.9. The Bertz CT molecular complexity index is 828. The number of thiazole rings is 1. The van der Waals surface area contributed by atoms with Crippen LogP contribution < -0.4 is 14.8 Å². The second-order valence-corrected chi connectivity index (χ2v) is 7.39. The van der Waals surface area contributed by atoms with Gasteiger partial charge in [-0.3, -0.25) is 0 Å². The van der Waals surface area contributed by atoms with Crippen LogP contribution in [0, 0.1) is 6.92 Å². The minimum Gasteiger partial charge on any atom is -0.497 e. The second-order valence-electron chi connectivity index (χ2n) is 6.45. The third-order valence-electron chi connectivity index (χ3n) is 4.44. The monoisotopic (exact) mass is 382 g/mol. The summed E-state index contributed by atoms with van der Waals surface area (Å²) >= 11 is 1.64. The third kappa shape index (κ3) is 5.55. The zero-order valence-electron chi connectivity index (χ0n) is 16.1. The van der Waals surface area contributed by atoms with Gasteiger partial charge in [-0.15, -0.1) is 11.3 Å². The fourth-order valence-electron chi connectivity index (χ4n) is 2.84. The van der Waals surface area contributed by atoms with E-state index in [4.69, 9.17) is 9.47 Å². The lowest BCUT2D eigenvalue weighted by molar-refractivity contribution is 0.305. The smallest absolute Gasteiger partial charge is 0.140 e. The van der Waals surface area contributed by atoms with Crippen molar-refractivity contribution in [1.29, 1.82) is 0 Å². The summed E-state index contributed by atoms with van der Waals surface area (Å²) in [5, 5.41) is 6.68. The van der Waals surface area contributed by atoms with Crippen molar-refractivity contribution in [3.05, 3.63) is 75.7 Å². The van der Waals surface area contributed by atoms with Crippen molar-refractivity contribution in [2.75, 3.05) is 7.11 Å². The van der Waals surface area contributed by atoms with E-state index < -0.39 is 0 Å². The molecule has 0 radical (unpaired) electrons. The van der Waals surface area contributed by atoms with E-state index in [1.54, 1.807) is 18.4 Å². The van der Waals surface area contributed by atoms with Gasteiger partial charge in [0.15, 0.2) is 0 Å². The zero-order chi connectivity index (χ0) is 19.1. The molecule has 142 valence electrons. The van der Waals surface area contributed by atoms with Gasteiger partial charge in [-0.05, 0) is 43.2 Å². The molecular formula is C22H26N2O2S. The minimum atomic E-state index is 0.296. The number of benzene rings is 2. The van der Waals surface area contributed by atoms with Crippen LogP contribution in [0.2, 0.25) is 0 Å². The number of nitrogens with zero attached hydrogens (tertiary/aromatic N) is 1. The molecule has 0 saturated carbocycles. The lowest BCUT2D eigenvalue weighted by Crippen LogP contribution is -2.20. The number of nitrogens with one attached hydrogen (secondary N) is 1. The van der Waals surface area contributed by atoms with Gasteiger partial charge in [0, 0.05) is 18.0 Å². The molecule has 0 amide bonds. The number of methoxy groups -OCH3 is 1. The molecular weight excluding hydrogens is 356 g/mol. The minimum absolute atomic E-state index is 0.296. The summed E-state index contributed by atoms with van der Waals surface area (Å²) in [6.07, 6.45) is 1.01. The van der Waals surface area contributed by atoms with Crippen LogP contribution in [0.4, 0.5) is 0 Å². The van der Waals surface area contributed by atoms with Crippen LogP contribution in [0.15, 0.2) is 53.9 Å². The van der Waals surface area contributed by atoms with Crippen molar-refractivity contribution < 1.29 is 9.47 Å². The number of ether oxygens (including phenoxy) is 2. The van der Waals surface area contributed by atoms with Crippen LogP contribution in [0.3, 0.4) is 0 Å². The molecule has 0 spiro atoms. The summed E-state index contributed by atoms with van der Waals surface area (Å²) in [6, 6.07) is 16.6. The first-order valence-corrected chi connectivity index (χ1v) is 10.1. The summed E-state index contributed by atoms with van der Waals surface area (Å²) in [5.74, 6) is 1.76. The molecule has 0 aliphatic carbocycles. The normalized spacial score (nSPS) is 12.0.